The molecule has 1 aliphatic heterocycles. The SMILES string of the molecule is CCCNC1(CC(=O)OCC)CCOC(C)(CC)C1. The van der Waals surface area contributed by atoms with E-state index < -0.39 is 0 Å². The van der Waals surface area contributed by atoms with Gasteiger partial charge in [0.15, 0.2) is 0 Å². The second kappa shape index (κ2) is 7.25. The van der Waals surface area contributed by atoms with Crippen LogP contribution >= 0.6 is 0 Å². The predicted octanol–water partition coefficient (Wildman–Crippen LogP) is 2.66. The molecule has 2 atom stereocenters. The third-order valence-corrected chi connectivity index (χ3v) is 4.03. The molecule has 1 saturated heterocycles. The van der Waals surface area contributed by atoms with Crippen molar-refractivity contribution < 1.29 is 14.3 Å². The summed E-state index contributed by atoms with van der Waals surface area (Å²) in [6.07, 6.45) is 4.22. The maximum Gasteiger partial charge on any atom is 0.307 e. The van der Waals surface area contributed by atoms with Gasteiger partial charge in [0, 0.05) is 12.1 Å². The highest BCUT2D eigenvalue weighted by molar-refractivity contribution is 5.71. The summed E-state index contributed by atoms with van der Waals surface area (Å²) in [5, 5.41) is 3.58. The Kier molecular flexibility index (Phi) is 6.27. The lowest BCUT2D eigenvalue weighted by Crippen LogP contribution is -2.56. The molecular formula is C15H29NO3. The van der Waals surface area contributed by atoms with E-state index >= 15 is 0 Å². The van der Waals surface area contributed by atoms with E-state index in [1.54, 1.807) is 0 Å². The monoisotopic (exact) mass is 271 g/mol. The van der Waals surface area contributed by atoms with Crippen molar-refractivity contribution in [1.29, 1.82) is 0 Å². The molecule has 1 heterocycles. The first-order valence-electron chi connectivity index (χ1n) is 7.54. The number of carbonyl (C=O) groups is 1. The second-order valence-corrected chi connectivity index (χ2v) is 5.77. The molecule has 0 aromatic carbocycles. The quantitative estimate of drug-likeness (QED) is 0.723. The van der Waals surface area contributed by atoms with Crippen LogP contribution in [0.25, 0.3) is 0 Å². The van der Waals surface area contributed by atoms with Crippen LogP contribution in [-0.2, 0) is 14.3 Å². The minimum absolute atomic E-state index is 0.105. The first-order chi connectivity index (χ1) is 8.99. The van der Waals surface area contributed by atoms with Gasteiger partial charge in [0.05, 0.1) is 18.6 Å². The van der Waals surface area contributed by atoms with Crippen molar-refractivity contribution in [2.24, 2.45) is 0 Å². The molecule has 0 radical (unpaired) electrons. The van der Waals surface area contributed by atoms with Gasteiger partial charge < -0.3 is 14.8 Å². The fourth-order valence-electron chi connectivity index (χ4n) is 2.82. The zero-order valence-electron chi connectivity index (χ0n) is 12.9. The Morgan fingerprint density at radius 1 is 1.37 bits per heavy atom. The Hall–Kier alpha value is -0.610. The number of esters is 1. The highest BCUT2D eigenvalue weighted by atomic mass is 16.5. The smallest absolute Gasteiger partial charge is 0.307 e. The topological polar surface area (TPSA) is 47.6 Å². The fraction of sp³-hybridized carbons (Fsp3) is 0.933. The predicted molar refractivity (Wildman–Crippen MR) is 76.2 cm³/mol. The number of hydrogen-bond donors (Lipinski definition) is 1. The van der Waals surface area contributed by atoms with Crippen molar-refractivity contribution in [3.05, 3.63) is 0 Å². The van der Waals surface area contributed by atoms with Gasteiger partial charge in [-0.3, -0.25) is 4.79 Å². The summed E-state index contributed by atoms with van der Waals surface area (Å²) in [7, 11) is 0. The Bertz CT molecular complexity index is 295. The molecule has 0 aromatic rings. The Morgan fingerprint density at radius 2 is 2.11 bits per heavy atom. The standard InChI is InChI=1S/C15H29NO3/c1-5-9-16-15(11-13(17)18-7-3)8-10-19-14(4,6-2)12-15/h16H,5-12H2,1-4H3. The summed E-state index contributed by atoms with van der Waals surface area (Å²) in [6.45, 7) is 10.4. The number of nitrogens with one attached hydrogen (secondary N) is 1. The normalized spacial score (nSPS) is 31.2. The Labute approximate surface area is 117 Å². The third-order valence-electron chi connectivity index (χ3n) is 4.03. The van der Waals surface area contributed by atoms with Crippen molar-refractivity contribution >= 4 is 5.97 Å². The van der Waals surface area contributed by atoms with Crippen LogP contribution in [0, 0.1) is 0 Å². The molecule has 1 rings (SSSR count). The van der Waals surface area contributed by atoms with Gasteiger partial charge in [-0.2, -0.15) is 0 Å². The van der Waals surface area contributed by atoms with E-state index in [1.165, 1.54) is 0 Å². The van der Waals surface area contributed by atoms with Crippen LogP contribution in [-0.4, -0.2) is 36.9 Å². The van der Waals surface area contributed by atoms with Crippen molar-refractivity contribution in [1.82, 2.24) is 5.32 Å². The third kappa shape index (κ3) is 4.77. The van der Waals surface area contributed by atoms with E-state index in [-0.39, 0.29) is 17.1 Å². The summed E-state index contributed by atoms with van der Waals surface area (Å²) in [5.41, 5.74) is -0.295. The Morgan fingerprint density at radius 3 is 2.68 bits per heavy atom. The van der Waals surface area contributed by atoms with Gasteiger partial charge in [0.25, 0.3) is 0 Å². The van der Waals surface area contributed by atoms with E-state index in [0.29, 0.717) is 19.6 Å². The van der Waals surface area contributed by atoms with Crippen LogP contribution in [0.3, 0.4) is 0 Å². The van der Waals surface area contributed by atoms with Gasteiger partial charge in [0.2, 0.25) is 0 Å². The molecule has 0 aromatic heterocycles. The van der Waals surface area contributed by atoms with E-state index in [9.17, 15) is 4.79 Å². The van der Waals surface area contributed by atoms with Gasteiger partial charge in [-0.1, -0.05) is 13.8 Å². The zero-order valence-corrected chi connectivity index (χ0v) is 12.9. The van der Waals surface area contributed by atoms with Gasteiger partial charge in [0.1, 0.15) is 0 Å². The summed E-state index contributed by atoms with van der Waals surface area (Å²) in [6, 6.07) is 0. The summed E-state index contributed by atoms with van der Waals surface area (Å²) < 4.78 is 11.0. The molecule has 2 unspecified atom stereocenters. The first kappa shape index (κ1) is 16.4. The van der Waals surface area contributed by atoms with Crippen LogP contribution in [0.1, 0.15) is 59.8 Å². The molecule has 1 fully saturated rings. The molecule has 1 aliphatic rings. The minimum atomic E-state index is -0.161. The summed E-state index contributed by atoms with van der Waals surface area (Å²) in [4.78, 5) is 11.9. The lowest BCUT2D eigenvalue weighted by molar-refractivity contribution is -0.149. The molecule has 4 heteroatoms. The molecular weight excluding hydrogens is 242 g/mol. The summed E-state index contributed by atoms with van der Waals surface area (Å²) >= 11 is 0. The number of rotatable bonds is 7. The van der Waals surface area contributed by atoms with Crippen molar-refractivity contribution in [3.63, 3.8) is 0 Å². The van der Waals surface area contributed by atoms with Crippen LogP contribution in [0.5, 0.6) is 0 Å². The van der Waals surface area contributed by atoms with Gasteiger partial charge in [-0.15, -0.1) is 0 Å². The van der Waals surface area contributed by atoms with Crippen molar-refractivity contribution in [2.45, 2.75) is 70.9 Å². The number of hydrogen-bond acceptors (Lipinski definition) is 4. The average Bonchev–Trinajstić information content (AvgIpc) is 2.37. The van der Waals surface area contributed by atoms with Gasteiger partial charge in [-0.25, -0.2) is 0 Å². The molecule has 0 saturated carbocycles. The zero-order chi connectivity index (χ0) is 14.4. The molecule has 19 heavy (non-hydrogen) atoms. The van der Waals surface area contributed by atoms with Gasteiger partial charge in [-0.05, 0) is 46.1 Å². The van der Waals surface area contributed by atoms with Crippen LogP contribution in [0.4, 0.5) is 0 Å². The lowest BCUT2D eigenvalue weighted by atomic mass is 9.77. The van der Waals surface area contributed by atoms with Crippen LogP contribution < -0.4 is 5.32 Å². The maximum absolute atomic E-state index is 11.9. The van der Waals surface area contributed by atoms with Crippen molar-refractivity contribution in [2.75, 3.05) is 19.8 Å². The summed E-state index contributed by atoms with van der Waals surface area (Å²) in [5.74, 6) is -0.105. The first-order valence-corrected chi connectivity index (χ1v) is 7.54. The fourth-order valence-corrected chi connectivity index (χ4v) is 2.82. The minimum Gasteiger partial charge on any atom is -0.466 e. The second-order valence-electron chi connectivity index (χ2n) is 5.77. The highest BCUT2D eigenvalue weighted by Crippen LogP contribution is 2.36. The maximum atomic E-state index is 11.9. The molecule has 0 aliphatic carbocycles. The molecule has 0 spiro atoms. The molecule has 112 valence electrons. The lowest BCUT2D eigenvalue weighted by Gasteiger charge is -2.46. The molecule has 0 amide bonds. The average molecular weight is 271 g/mol. The molecule has 1 N–H and O–H groups in total. The van der Waals surface area contributed by atoms with Crippen LogP contribution in [0.2, 0.25) is 0 Å². The van der Waals surface area contributed by atoms with Crippen LogP contribution in [0.15, 0.2) is 0 Å². The largest absolute Gasteiger partial charge is 0.466 e. The Balaban J connectivity index is 2.76. The van der Waals surface area contributed by atoms with E-state index in [4.69, 9.17) is 9.47 Å². The molecule has 0 bridgehead atoms. The van der Waals surface area contributed by atoms with E-state index in [1.807, 2.05) is 6.92 Å². The van der Waals surface area contributed by atoms with Gasteiger partial charge >= 0.3 is 5.97 Å². The highest BCUT2D eigenvalue weighted by Gasteiger charge is 2.43. The number of ether oxygens (including phenoxy) is 2. The van der Waals surface area contributed by atoms with E-state index in [0.717, 1.165) is 32.2 Å². The number of carbonyl (C=O) groups excluding carboxylic acids is 1. The molecule has 4 nitrogen and oxygen atoms in total. The van der Waals surface area contributed by atoms with E-state index in [2.05, 4.69) is 26.1 Å². The van der Waals surface area contributed by atoms with Crippen molar-refractivity contribution in [3.8, 4) is 0 Å².